The highest BCUT2D eigenvalue weighted by atomic mass is 31.0. The monoisotopic (exact) mass is 100 g/mol. The van der Waals surface area contributed by atoms with Crippen molar-refractivity contribution >= 4 is 9.24 Å². The average molecular weight is 100 g/mol. The van der Waals surface area contributed by atoms with Crippen LogP contribution < -0.4 is 0 Å². The first-order chi connectivity index (χ1) is 2.91. The van der Waals surface area contributed by atoms with Crippen molar-refractivity contribution in [3.8, 4) is 12.3 Å². The number of terminal acetylenes is 1. The van der Waals surface area contributed by atoms with E-state index < -0.39 is 0 Å². The Morgan fingerprint density at radius 3 is 2.50 bits per heavy atom. The summed E-state index contributed by atoms with van der Waals surface area (Å²) in [5.74, 6) is 2.56. The summed E-state index contributed by atoms with van der Waals surface area (Å²) in [5, 5.41) is 0. The summed E-state index contributed by atoms with van der Waals surface area (Å²) in [6, 6.07) is 0. The van der Waals surface area contributed by atoms with Crippen LogP contribution in [0.15, 0.2) is 0 Å². The van der Waals surface area contributed by atoms with E-state index in [4.69, 9.17) is 6.42 Å². The van der Waals surface area contributed by atoms with E-state index >= 15 is 0 Å². The van der Waals surface area contributed by atoms with E-state index in [0.717, 1.165) is 19.0 Å². The molecule has 0 aliphatic heterocycles. The Morgan fingerprint density at radius 1 is 1.67 bits per heavy atom. The van der Waals surface area contributed by atoms with Crippen LogP contribution in [0.25, 0.3) is 0 Å². The van der Waals surface area contributed by atoms with Crippen LogP contribution in [0.5, 0.6) is 0 Å². The smallest absolute Gasteiger partial charge is 0.00892 e. The van der Waals surface area contributed by atoms with Gasteiger partial charge in [0.05, 0.1) is 0 Å². The van der Waals surface area contributed by atoms with Crippen molar-refractivity contribution in [2.75, 3.05) is 6.16 Å². The molecule has 0 saturated carbocycles. The maximum absolute atomic E-state index is 4.96. The SMILES string of the molecule is C#CCCCP. The van der Waals surface area contributed by atoms with Gasteiger partial charge in [0.2, 0.25) is 0 Å². The summed E-state index contributed by atoms with van der Waals surface area (Å²) >= 11 is 0. The first-order valence-electron chi connectivity index (χ1n) is 2.05. The zero-order valence-electron chi connectivity index (χ0n) is 3.78. The Bertz CT molecular complexity index is 51.4. The molecule has 1 unspecified atom stereocenters. The van der Waals surface area contributed by atoms with Gasteiger partial charge in [-0.05, 0) is 12.6 Å². The minimum atomic E-state index is 0.920. The van der Waals surface area contributed by atoms with Crippen molar-refractivity contribution in [1.29, 1.82) is 0 Å². The maximum atomic E-state index is 4.96. The zero-order chi connectivity index (χ0) is 4.83. The molecule has 0 fully saturated rings. The average Bonchev–Trinajstić information content (AvgIpc) is 1.61. The zero-order valence-corrected chi connectivity index (χ0v) is 4.93. The number of hydrogen-bond donors (Lipinski definition) is 0. The van der Waals surface area contributed by atoms with Crippen LogP contribution in [-0.2, 0) is 0 Å². The molecular formula is C5H9P. The molecule has 1 heteroatoms. The molecule has 34 valence electrons. The van der Waals surface area contributed by atoms with Gasteiger partial charge in [0.25, 0.3) is 0 Å². The van der Waals surface area contributed by atoms with Gasteiger partial charge in [0.15, 0.2) is 0 Å². The molecular weight excluding hydrogens is 91.0 g/mol. The highest BCUT2D eigenvalue weighted by molar-refractivity contribution is 7.16. The molecule has 0 aliphatic rings. The molecule has 0 amide bonds. The largest absolute Gasteiger partial charge is 0.138 e. The standard InChI is InChI=1S/C5H9P/c1-2-3-4-5-6/h1H,3-6H2. The van der Waals surface area contributed by atoms with Crippen LogP contribution in [0.2, 0.25) is 0 Å². The fraction of sp³-hybridized carbons (Fsp3) is 0.600. The molecule has 0 aromatic heterocycles. The lowest BCUT2D eigenvalue weighted by Gasteiger charge is -1.79. The Labute approximate surface area is 41.5 Å². The van der Waals surface area contributed by atoms with Crippen molar-refractivity contribution < 1.29 is 0 Å². The summed E-state index contributed by atoms with van der Waals surface area (Å²) in [6.45, 7) is 0. The molecule has 0 spiro atoms. The van der Waals surface area contributed by atoms with Crippen LogP contribution in [0, 0.1) is 12.3 Å². The Kier molecular flexibility index (Phi) is 4.98. The third kappa shape index (κ3) is 3.99. The molecule has 1 atom stereocenters. The van der Waals surface area contributed by atoms with E-state index in [0.29, 0.717) is 0 Å². The predicted octanol–water partition coefficient (Wildman–Crippen LogP) is 1.27. The first-order valence-corrected chi connectivity index (χ1v) is 2.87. The molecule has 0 N–H and O–H groups in total. The van der Waals surface area contributed by atoms with Crippen LogP contribution in [0.3, 0.4) is 0 Å². The summed E-state index contributed by atoms with van der Waals surface area (Å²) in [5.41, 5.74) is 0. The number of rotatable bonds is 2. The van der Waals surface area contributed by atoms with E-state index in [-0.39, 0.29) is 0 Å². The summed E-state index contributed by atoms with van der Waals surface area (Å²) in [4.78, 5) is 0. The highest BCUT2D eigenvalue weighted by Gasteiger charge is 1.71. The van der Waals surface area contributed by atoms with Gasteiger partial charge < -0.3 is 0 Å². The Morgan fingerprint density at radius 2 is 2.33 bits per heavy atom. The van der Waals surface area contributed by atoms with Crippen molar-refractivity contribution in [1.82, 2.24) is 0 Å². The van der Waals surface area contributed by atoms with Crippen molar-refractivity contribution in [2.24, 2.45) is 0 Å². The van der Waals surface area contributed by atoms with Gasteiger partial charge in [-0.15, -0.1) is 21.6 Å². The third-order valence-corrected chi connectivity index (χ3v) is 0.933. The Hall–Kier alpha value is -0.0100. The van der Waals surface area contributed by atoms with Crippen LogP contribution in [0.1, 0.15) is 12.8 Å². The van der Waals surface area contributed by atoms with E-state index in [9.17, 15) is 0 Å². The summed E-state index contributed by atoms with van der Waals surface area (Å²) < 4.78 is 0. The maximum Gasteiger partial charge on any atom is 0.00892 e. The second-order valence-corrected chi connectivity index (χ2v) is 1.67. The highest BCUT2D eigenvalue weighted by Crippen LogP contribution is 1.89. The minimum Gasteiger partial charge on any atom is -0.138 e. The van der Waals surface area contributed by atoms with Crippen molar-refractivity contribution in [2.45, 2.75) is 12.8 Å². The van der Waals surface area contributed by atoms with Gasteiger partial charge in [-0.25, -0.2) is 0 Å². The molecule has 0 heterocycles. The number of hydrogen-bond acceptors (Lipinski definition) is 0. The summed E-state index contributed by atoms with van der Waals surface area (Å²) in [7, 11) is 2.63. The lowest BCUT2D eigenvalue weighted by molar-refractivity contribution is 0.999. The predicted molar refractivity (Wildman–Crippen MR) is 32.6 cm³/mol. The van der Waals surface area contributed by atoms with E-state index in [1.807, 2.05) is 0 Å². The number of unbranched alkanes of at least 4 members (excludes halogenated alkanes) is 1. The van der Waals surface area contributed by atoms with Gasteiger partial charge >= 0.3 is 0 Å². The first kappa shape index (κ1) is 5.99. The molecule has 0 aromatic rings. The van der Waals surface area contributed by atoms with Gasteiger partial charge in [0, 0.05) is 6.42 Å². The minimum absolute atomic E-state index is 0.920. The molecule has 0 aliphatic carbocycles. The van der Waals surface area contributed by atoms with Crippen LogP contribution in [0.4, 0.5) is 0 Å². The van der Waals surface area contributed by atoms with Gasteiger partial charge in [-0.3, -0.25) is 0 Å². The summed E-state index contributed by atoms with van der Waals surface area (Å²) in [6.07, 6.45) is 8.14. The van der Waals surface area contributed by atoms with Crippen LogP contribution in [-0.4, -0.2) is 6.16 Å². The fourth-order valence-corrected chi connectivity index (χ4v) is 0.408. The quantitative estimate of drug-likeness (QED) is 0.278. The topological polar surface area (TPSA) is 0 Å². The molecule has 6 heavy (non-hydrogen) atoms. The molecule has 0 rings (SSSR count). The lowest BCUT2D eigenvalue weighted by atomic mass is 10.4. The third-order valence-electron chi connectivity index (χ3n) is 0.525. The fourth-order valence-electron chi connectivity index (χ4n) is 0.204. The normalized spacial score (nSPS) is 7.33. The molecule has 0 saturated heterocycles. The lowest BCUT2D eigenvalue weighted by Crippen LogP contribution is -1.67. The molecule has 0 bridgehead atoms. The van der Waals surface area contributed by atoms with Gasteiger partial charge in [-0.1, -0.05) is 0 Å². The van der Waals surface area contributed by atoms with Crippen LogP contribution >= 0.6 is 9.24 Å². The molecule has 0 radical (unpaired) electrons. The Balaban J connectivity index is 2.54. The second kappa shape index (κ2) is 4.99. The van der Waals surface area contributed by atoms with Gasteiger partial charge in [-0.2, -0.15) is 0 Å². The molecule has 0 aromatic carbocycles. The van der Waals surface area contributed by atoms with E-state index in [1.165, 1.54) is 0 Å². The van der Waals surface area contributed by atoms with Crippen molar-refractivity contribution in [3.63, 3.8) is 0 Å². The van der Waals surface area contributed by atoms with Crippen molar-refractivity contribution in [3.05, 3.63) is 0 Å². The molecule has 0 nitrogen and oxygen atoms in total. The van der Waals surface area contributed by atoms with E-state index in [1.54, 1.807) is 0 Å². The second-order valence-electron chi connectivity index (χ2n) is 1.10. The van der Waals surface area contributed by atoms with Gasteiger partial charge in [0.1, 0.15) is 0 Å². The van der Waals surface area contributed by atoms with E-state index in [2.05, 4.69) is 15.2 Å².